The number of aromatic hydroxyl groups is 1. The van der Waals surface area contributed by atoms with E-state index in [1.807, 2.05) is 0 Å². The fraction of sp³-hybridized carbons (Fsp3) is 0.167. The fourth-order valence-electron chi connectivity index (χ4n) is 1.61. The van der Waals surface area contributed by atoms with Crippen LogP contribution in [0.15, 0.2) is 36.4 Å². The predicted molar refractivity (Wildman–Crippen MR) is 56.6 cm³/mol. The Labute approximate surface area is 94.9 Å². The molecule has 0 aliphatic rings. The van der Waals surface area contributed by atoms with Gasteiger partial charge in [-0.15, -0.1) is 0 Å². The Balaban J connectivity index is 2.50. The van der Waals surface area contributed by atoms with Crippen molar-refractivity contribution in [2.45, 2.75) is 12.3 Å². The summed E-state index contributed by atoms with van der Waals surface area (Å²) in [5.74, 6) is -0.0313. The number of aliphatic hydroxyl groups excluding tert-OH is 1. The van der Waals surface area contributed by atoms with E-state index in [4.69, 9.17) is 5.11 Å². The Morgan fingerprint density at radius 3 is 2.24 bits per heavy atom. The van der Waals surface area contributed by atoms with Gasteiger partial charge in [0.15, 0.2) is 6.10 Å². The SMILES string of the molecule is Oc1ccc2ccc(C(O)C(F)(F)F)cc2c1. The minimum absolute atomic E-state index is 0.0313. The number of hydrogen-bond acceptors (Lipinski definition) is 2. The van der Waals surface area contributed by atoms with E-state index in [9.17, 15) is 18.3 Å². The molecule has 0 aliphatic heterocycles. The zero-order valence-corrected chi connectivity index (χ0v) is 8.57. The highest BCUT2D eigenvalue weighted by molar-refractivity contribution is 5.84. The summed E-state index contributed by atoms with van der Waals surface area (Å²) in [6.45, 7) is 0. The quantitative estimate of drug-likeness (QED) is 0.806. The monoisotopic (exact) mass is 242 g/mol. The lowest BCUT2D eigenvalue weighted by atomic mass is 10.0. The van der Waals surface area contributed by atoms with Gasteiger partial charge in [-0.3, -0.25) is 0 Å². The number of phenols is 1. The van der Waals surface area contributed by atoms with Gasteiger partial charge in [0, 0.05) is 0 Å². The summed E-state index contributed by atoms with van der Waals surface area (Å²) >= 11 is 0. The number of aliphatic hydroxyl groups is 1. The van der Waals surface area contributed by atoms with Gasteiger partial charge in [0.1, 0.15) is 5.75 Å². The van der Waals surface area contributed by atoms with Crippen LogP contribution in [0.3, 0.4) is 0 Å². The van der Waals surface area contributed by atoms with Crippen molar-refractivity contribution in [2.24, 2.45) is 0 Å². The molecule has 2 N–H and O–H groups in total. The summed E-state index contributed by atoms with van der Waals surface area (Å²) in [7, 11) is 0. The second-order valence-electron chi connectivity index (χ2n) is 3.74. The second-order valence-corrected chi connectivity index (χ2v) is 3.74. The molecule has 0 aromatic heterocycles. The number of fused-ring (bicyclic) bond motifs is 1. The number of halogens is 3. The molecule has 0 saturated heterocycles. The molecule has 0 amide bonds. The standard InChI is InChI=1S/C12H9F3O2/c13-12(14,15)11(17)8-2-1-7-3-4-10(16)6-9(7)5-8/h1-6,11,16-17H. The largest absolute Gasteiger partial charge is 0.508 e. The zero-order valence-electron chi connectivity index (χ0n) is 8.57. The van der Waals surface area contributed by atoms with E-state index in [0.717, 1.165) is 0 Å². The van der Waals surface area contributed by atoms with Crippen LogP contribution in [-0.2, 0) is 0 Å². The molecule has 2 aromatic carbocycles. The first kappa shape index (κ1) is 11.7. The van der Waals surface area contributed by atoms with Gasteiger partial charge in [-0.25, -0.2) is 0 Å². The highest BCUT2D eigenvalue weighted by atomic mass is 19.4. The van der Waals surface area contributed by atoms with Crippen molar-refractivity contribution in [2.75, 3.05) is 0 Å². The maximum Gasteiger partial charge on any atom is 0.418 e. The number of benzene rings is 2. The first-order chi connectivity index (χ1) is 7.88. The average molecular weight is 242 g/mol. The minimum Gasteiger partial charge on any atom is -0.508 e. The van der Waals surface area contributed by atoms with Crippen LogP contribution in [0.25, 0.3) is 10.8 Å². The van der Waals surface area contributed by atoms with Crippen LogP contribution in [0.1, 0.15) is 11.7 Å². The molecule has 0 spiro atoms. The maximum atomic E-state index is 12.3. The van der Waals surface area contributed by atoms with Crippen molar-refractivity contribution < 1.29 is 23.4 Å². The predicted octanol–water partition coefficient (Wildman–Crippen LogP) is 3.14. The van der Waals surface area contributed by atoms with Gasteiger partial charge < -0.3 is 10.2 Å². The summed E-state index contributed by atoms with van der Waals surface area (Å²) in [6, 6.07) is 8.29. The molecule has 1 unspecified atom stereocenters. The van der Waals surface area contributed by atoms with E-state index in [1.165, 1.54) is 30.3 Å². The van der Waals surface area contributed by atoms with E-state index in [-0.39, 0.29) is 11.3 Å². The third-order valence-electron chi connectivity index (χ3n) is 2.47. The molecule has 90 valence electrons. The van der Waals surface area contributed by atoms with Crippen LogP contribution in [0.5, 0.6) is 5.75 Å². The third-order valence-corrected chi connectivity index (χ3v) is 2.47. The van der Waals surface area contributed by atoms with Crippen molar-refractivity contribution in [1.29, 1.82) is 0 Å². The van der Waals surface area contributed by atoms with Gasteiger partial charge >= 0.3 is 6.18 Å². The van der Waals surface area contributed by atoms with Crippen LogP contribution in [-0.4, -0.2) is 16.4 Å². The summed E-state index contributed by atoms with van der Waals surface area (Å²) < 4.78 is 36.9. The molecule has 0 aliphatic carbocycles. The van der Waals surface area contributed by atoms with Gasteiger partial charge in [-0.05, 0) is 34.5 Å². The van der Waals surface area contributed by atoms with E-state index < -0.39 is 12.3 Å². The number of rotatable bonds is 1. The van der Waals surface area contributed by atoms with Crippen LogP contribution < -0.4 is 0 Å². The van der Waals surface area contributed by atoms with Crippen LogP contribution >= 0.6 is 0 Å². The lowest BCUT2D eigenvalue weighted by Gasteiger charge is -2.15. The topological polar surface area (TPSA) is 40.5 Å². The minimum atomic E-state index is -4.69. The number of hydrogen-bond donors (Lipinski definition) is 2. The first-order valence-corrected chi connectivity index (χ1v) is 4.85. The fourth-order valence-corrected chi connectivity index (χ4v) is 1.61. The highest BCUT2D eigenvalue weighted by Gasteiger charge is 2.39. The van der Waals surface area contributed by atoms with E-state index in [0.29, 0.717) is 10.8 Å². The van der Waals surface area contributed by atoms with E-state index >= 15 is 0 Å². The molecule has 0 fully saturated rings. The smallest absolute Gasteiger partial charge is 0.418 e. The second kappa shape index (κ2) is 3.92. The normalized spacial score (nSPS) is 13.9. The molecule has 0 saturated carbocycles. The number of phenolic OH excluding ortho intramolecular Hbond substituents is 1. The first-order valence-electron chi connectivity index (χ1n) is 4.85. The summed E-state index contributed by atoms with van der Waals surface area (Å²) in [6.07, 6.45) is -7.20. The van der Waals surface area contributed by atoms with Gasteiger partial charge in [-0.2, -0.15) is 13.2 Å². The van der Waals surface area contributed by atoms with Gasteiger partial charge in [0.25, 0.3) is 0 Å². The summed E-state index contributed by atoms with van der Waals surface area (Å²) in [5.41, 5.74) is -0.240. The molecule has 0 bridgehead atoms. The lowest BCUT2D eigenvalue weighted by molar-refractivity contribution is -0.206. The summed E-state index contributed by atoms with van der Waals surface area (Å²) in [4.78, 5) is 0. The van der Waals surface area contributed by atoms with E-state index in [1.54, 1.807) is 6.07 Å². The van der Waals surface area contributed by atoms with Crippen molar-refractivity contribution in [3.63, 3.8) is 0 Å². The lowest BCUT2D eigenvalue weighted by Crippen LogP contribution is -2.20. The molecule has 2 nitrogen and oxygen atoms in total. The van der Waals surface area contributed by atoms with Crippen LogP contribution in [0.2, 0.25) is 0 Å². The third kappa shape index (κ3) is 2.34. The molecule has 2 rings (SSSR count). The Morgan fingerprint density at radius 2 is 1.59 bits per heavy atom. The molecular formula is C12H9F3O2. The molecule has 17 heavy (non-hydrogen) atoms. The van der Waals surface area contributed by atoms with Crippen LogP contribution in [0.4, 0.5) is 13.2 Å². The zero-order chi connectivity index (χ0) is 12.6. The number of alkyl halides is 3. The van der Waals surface area contributed by atoms with Gasteiger partial charge in [-0.1, -0.05) is 18.2 Å². The molecular weight excluding hydrogens is 233 g/mol. The van der Waals surface area contributed by atoms with Crippen LogP contribution in [0, 0.1) is 0 Å². The average Bonchev–Trinajstić information content (AvgIpc) is 2.25. The van der Waals surface area contributed by atoms with E-state index in [2.05, 4.69) is 0 Å². The van der Waals surface area contributed by atoms with Gasteiger partial charge in [0.2, 0.25) is 0 Å². The summed E-state index contributed by atoms with van der Waals surface area (Å²) in [5, 5.41) is 19.5. The van der Waals surface area contributed by atoms with Crippen molar-refractivity contribution in [1.82, 2.24) is 0 Å². The van der Waals surface area contributed by atoms with Crippen molar-refractivity contribution >= 4 is 10.8 Å². The molecule has 0 heterocycles. The Morgan fingerprint density at radius 1 is 0.941 bits per heavy atom. The Bertz CT molecular complexity index is 549. The van der Waals surface area contributed by atoms with Crippen molar-refractivity contribution in [3.8, 4) is 5.75 Å². The molecule has 5 heteroatoms. The van der Waals surface area contributed by atoms with Crippen molar-refractivity contribution in [3.05, 3.63) is 42.0 Å². The Kier molecular flexibility index (Phi) is 2.71. The maximum absolute atomic E-state index is 12.3. The molecule has 0 radical (unpaired) electrons. The van der Waals surface area contributed by atoms with Gasteiger partial charge in [0.05, 0.1) is 0 Å². The Hall–Kier alpha value is -1.75. The highest BCUT2D eigenvalue weighted by Crippen LogP contribution is 2.34. The molecule has 1 atom stereocenters. The molecule has 2 aromatic rings.